The summed E-state index contributed by atoms with van der Waals surface area (Å²) in [5.74, 6) is 0.0151. The molecule has 0 atom stereocenters. The van der Waals surface area contributed by atoms with Crippen molar-refractivity contribution in [3.8, 4) is 11.5 Å². The van der Waals surface area contributed by atoms with Gasteiger partial charge in [-0.25, -0.2) is 4.79 Å². The van der Waals surface area contributed by atoms with Crippen molar-refractivity contribution >= 4 is 17.8 Å². The Kier molecular flexibility index (Phi) is 6.34. The van der Waals surface area contributed by atoms with Crippen LogP contribution >= 0.6 is 0 Å². The lowest BCUT2D eigenvalue weighted by molar-refractivity contribution is -0.136. The number of benzene rings is 2. The first-order chi connectivity index (χ1) is 12.0. The highest BCUT2D eigenvalue weighted by Gasteiger charge is 2.14. The van der Waals surface area contributed by atoms with Crippen LogP contribution in [0, 0.1) is 6.92 Å². The van der Waals surface area contributed by atoms with Crippen molar-refractivity contribution in [3.05, 3.63) is 65.2 Å². The molecule has 2 aromatic carbocycles. The average molecular weight is 340 g/mol. The molecule has 0 aliphatic carbocycles. The van der Waals surface area contributed by atoms with Crippen molar-refractivity contribution in [2.24, 2.45) is 0 Å². The average Bonchev–Trinajstić information content (AvgIpc) is 2.63. The standard InChI is InChI=1S/C20H20O5/c1-14-5-4-6-15(11-14)7-10-20(22)25-13-18(21)17-9-8-16(23-2)12-19(17)24-3/h4-12H,13H2,1-3H3/b10-7+. The molecule has 0 fully saturated rings. The molecule has 5 heteroatoms. The largest absolute Gasteiger partial charge is 0.497 e. The summed E-state index contributed by atoms with van der Waals surface area (Å²) in [6.07, 6.45) is 2.95. The van der Waals surface area contributed by atoms with Gasteiger partial charge in [0.05, 0.1) is 19.8 Å². The van der Waals surface area contributed by atoms with Crippen LogP contribution in [0.3, 0.4) is 0 Å². The molecule has 0 saturated heterocycles. The number of aryl methyl sites for hydroxylation is 1. The van der Waals surface area contributed by atoms with Gasteiger partial charge < -0.3 is 14.2 Å². The second kappa shape index (κ2) is 8.68. The molecule has 130 valence electrons. The van der Waals surface area contributed by atoms with Gasteiger partial charge in [-0.05, 0) is 30.7 Å². The number of carbonyl (C=O) groups excluding carboxylic acids is 2. The zero-order valence-electron chi connectivity index (χ0n) is 14.4. The summed E-state index contributed by atoms with van der Waals surface area (Å²) in [6, 6.07) is 12.5. The number of rotatable bonds is 7. The monoisotopic (exact) mass is 340 g/mol. The van der Waals surface area contributed by atoms with E-state index in [0.29, 0.717) is 17.1 Å². The van der Waals surface area contributed by atoms with E-state index in [4.69, 9.17) is 14.2 Å². The number of carbonyl (C=O) groups is 2. The molecule has 2 rings (SSSR count). The molecule has 0 heterocycles. The normalized spacial score (nSPS) is 10.5. The molecule has 0 aromatic heterocycles. The second-order valence-electron chi connectivity index (χ2n) is 5.34. The minimum absolute atomic E-state index is 0.332. The molecule has 0 radical (unpaired) electrons. The fourth-order valence-electron chi connectivity index (χ4n) is 2.23. The van der Waals surface area contributed by atoms with E-state index < -0.39 is 5.97 Å². The molecule has 0 aliphatic rings. The summed E-state index contributed by atoms with van der Waals surface area (Å²) in [6.45, 7) is 1.61. The Labute approximate surface area is 146 Å². The molecule has 0 spiro atoms. The van der Waals surface area contributed by atoms with Crippen LogP contribution < -0.4 is 9.47 Å². The van der Waals surface area contributed by atoms with Crippen molar-refractivity contribution in [3.63, 3.8) is 0 Å². The molecular formula is C20H20O5. The summed E-state index contributed by atoms with van der Waals surface area (Å²) >= 11 is 0. The van der Waals surface area contributed by atoms with E-state index in [1.54, 1.807) is 24.3 Å². The maximum absolute atomic E-state index is 12.2. The third-order valence-electron chi connectivity index (χ3n) is 3.51. The Bertz CT molecular complexity index is 792. The zero-order valence-corrected chi connectivity index (χ0v) is 14.4. The van der Waals surface area contributed by atoms with Gasteiger partial charge in [-0.2, -0.15) is 0 Å². The summed E-state index contributed by atoms with van der Waals surface area (Å²) in [5.41, 5.74) is 2.32. The minimum atomic E-state index is -0.581. The van der Waals surface area contributed by atoms with Gasteiger partial charge in [0.25, 0.3) is 0 Å². The second-order valence-corrected chi connectivity index (χ2v) is 5.34. The van der Waals surface area contributed by atoms with E-state index in [9.17, 15) is 9.59 Å². The number of methoxy groups -OCH3 is 2. The van der Waals surface area contributed by atoms with Gasteiger partial charge >= 0.3 is 5.97 Å². The van der Waals surface area contributed by atoms with Crippen LogP contribution in [0.2, 0.25) is 0 Å². The first-order valence-corrected chi connectivity index (χ1v) is 7.70. The van der Waals surface area contributed by atoms with Crippen LogP contribution in [0.4, 0.5) is 0 Å². The zero-order chi connectivity index (χ0) is 18.2. The molecule has 0 N–H and O–H groups in total. The number of esters is 1. The van der Waals surface area contributed by atoms with Crippen LogP contribution in [0.15, 0.2) is 48.5 Å². The van der Waals surface area contributed by atoms with Crippen molar-refractivity contribution in [2.45, 2.75) is 6.92 Å². The highest BCUT2D eigenvalue weighted by Crippen LogP contribution is 2.25. The van der Waals surface area contributed by atoms with Crippen LogP contribution in [0.5, 0.6) is 11.5 Å². The SMILES string of the molecule is COc1ccc(C(=O)COC(=O)/C=C/c2cccc(C)c2)c(OC)c1. The quantitative estimate of drug-likeness (QED) is 0.439. The summed E-state index contributed by atoms with van der Waals surface area (Å²) in [7, 11) is 2.99. The topological polar surface area (TPSA) is 61.8 Å². The molecular weight excluding hydrogens is 320 g/mol. The summed E-state index contributed by atoms with van der Waals surface area (Å²) in [4.78, 5) is 24.0. The van der Waals surface area contributed by atoms with Crippen LogP contribution in [-0.2, 0) is 9.53 Å². The van der Waals surface area contributed by atoms with Gasteiger partial charge in [0.15, 0.2) is 6.61 Å². The van der Waals surface area contributed by atoms with Crippen molar-refractivity contribution < 1.29 is 23.8 Å². The Morgan fingerprint density at radius 1 is 1.04 bits per heavy atom. The van der Waals surface area contributed by atoms with Gasteiger partial charge in [-0.15, -0.1) is 0 Å². The van der Waals surface area contributed by atoms with Crippen LogP contribution in [-0.4, -0.2) is 32.6 Å². The highest BCUT2D eigenvalue weighted by molar-refractivity contribution is 6.01. The molecule has 5 nitrogen and oxygen atoms in total. The van der Waals surface area contributed by atoms with Crippen LogP contribution in [0.25, 0.3) is 6.08 Å². The van der Waals surface area contributed by atoms with Crippen molar-refractivity contribution in [1.29, 1.82) is 0 Å². The number of hydrogen-bond acceptors (Lipinski definition) is 5. The third kappa shape index (κ3) is 5.21. The minimum Gasteiger partial charge on any atom is -0.497 e. The number of Topliss-reactive ketones (excluding diaryl/α,β-unsaturated/α-hetero) is 1. The van der Waals surface area contributed by atoms with E-state index in [0.717, 1.165) is 11.1 Å². The first-order valence-electron chi connectivity index (χ1n) is 7.70. The van der Waals surface area contributed by atoms with Crippen molar-refractivity contribution in [2.75, 3.05) is 20.8 Å². The van der Waals surface area contributed by atoms with E-state index in [1.165, 1.54) is 20.3 Å². The molecule has 25 heavy (non-hydrogen) atoms. The first kappa shape index (κ1) is 18.3. The molecule has 0 bridgehead atoms. The van der Waals surface area contributed by atoms with Gasteiger partial charge in [0.1, 0.15) is 11.5 Å². The molecule has 0 unspecified atom stereocenters. The van der Waals surface area contributed by atoms with Gasteiger partial charge in [-0.1, -0.05) is 29.8 Å². The molecule has 0 aliphatic heterocycles. The lowest BCUT2D eigenvalue weighted by Crippen LogP contribution is -2.13. The maximum Gasteiger partial charge on any atom is 0.331 e. The molecule has 2 aromatic rings. The predicted octanol–water partition coefficient (Wildman–Crippen LogP) is 3.45. The third-order valence-corrected chi connectivity index (χ3v) is 3.51. The summed E-state index contributed by atoms with van der Waals surface area (Å²) < 4.78 is 15.3. The Balaban J connectivity index is 1.96. The number of ether oxygens (including phenoxy) is 3. The fourth-order valence-corrected chi connectivity index (χ4v) is 2.23. The van der Waals surface area contributed by atoms with E-state index in [1.807, 2.05) is 31.2 Å². The Hall–Kier alpha value is -3.08. The van der Waals surface area contributed by atoms with Crippen molar-refractivity contribution in [1.82, 2.24) is 0 Å². The van der Waals surface area contributed by atoms with Crippen LogP contribution in [0.1, 0.15) is 21.5 Å². The van der Waals surface area contributed by atoms with E-state index >= 15 is 0 Å². The fraction of sp³-hybridized carbons (Fsp3) is 0.200. The lowest BCUT2D eigenvalue weighted by atomic mass is 10.1. The summed E-state index contributed by atoms with van der Waals surface area (Å²) in [5, 5.41) is 0. The molecule has 0 saturated carbocycles. The Morgan fingerprint density at radius 2 is 1.84 bits per heavy atom. The van der Waals surface area contributed by atoms with Gasteiger partial charge in [0, 0.05) is 12.1 Å². The van der Waals surface area contributed by atoms with E-state index in [2.05, 4.69) is 0 Å². The predicted molar refractivity (Wildman–Crippen MR) is 95.0 cm³/mol. The van der Waals surface area contributed by atoms with Gasteiger partial charge in [0.2, 0.25) is 5.78 Å². The number of hydrogen-bond donors (Lipinski definition) is 0. The molecule has 0 amide bonds. The van der Waals surface area contributed by atoms with Gasteiger partial charge in [-0.3, -0.25) is 4.79 Å². The maximum atomic E-state index is 12.2. The lowest BCUT2D eigenvalue weighted by Gasteiger charge is -2.09. The smallest absolute Gasteiger partial charge is 0.331 e. The Morgan fingerprint density at radius 3 is 2.52 bits per heavy atom. The highest BCUT2D eigenvalue weighted by atomic mass is 16.5. The number of ketones is 1. The van der Waals surface area contributed by atoms with E-state index in [-0.39, 0.29) is 12.4 Å².